The number of hydrogen-bond acceptors (Lipinski definition) is 3. The number of benzene rings is 2. The number of H-pyrrole nitrogens is 1. The molecule has 150 valence electrons. The number of aliphatic imine (C=N–C) groups is 1. The number of rotatable bonds is 6. The minimum atomic E-state index is -4.53. The Hall–Kier alpha value is -3.42. The fourth-order valence-corrected chi connectivity index (χ4v) is 2.67. The first-order valence-corrected chi connectivity index (χ1v) is 8.78. The number of aryl methyl sites for hydroxylation is 1. The number of aromatic amines is 1. The summed E-state index contributed by atoms with van der Waals surface area (Å²) in [6, 6.07) is 16.1. The molecule has 0 aliphatic rings. The van der Waals surface area contributed by atoms with Crippen LogP contribution < -0.4 is 5.73 Å². The van der Waals surface area contributed by atoms with E-state index in [1.54, 1.807) is 0 Å². The number of nitrogens with one attached hydrogen (secondary N) is 1. The van der Waals surface area contributed by atoms with E-state index in [9.17, 15) is 17.6 Å². The molecule has 0 bridgehead atoms. The van der Waals surface area contributed by atoms with Gasteiger partial charge < -0.3 is 5.73 Å². The van der Waals surface area contributed by atoms with Crippen LogP contribution in [0.15, 0.2) is 71.2 Å². The summed E-state index contributed by atoms with van der Waals surface area (Å²) in [5.74, 6) is -0.501. The first-order valence-electron chi connectivity index (χ1n) is 8.78. The first kappa shape index (κ1) is 20.3. The van der Waals surface area contributed by atoms with Gasteiger partial charge in [0.05, 0.1) is 0 Å². The Kier molecular flexibility index (Phi) is 6.11. The third kappa shape index (κ3) is 5.54. The highest BCUT2D eigenvalue weighted by atomic mass is 19.4. The molecule has 0 radical (unpaired) electrons. The van der Waals surface area contributed by atoms with Gasteiger partial charge in [0.2, 0.25) is 0 Å². The molecule has 0 fully saturated rings. The maximum Gasteiger partial charge on any atom is 0.432 e. The molecular formula is C21H18F4N4. The van der Waals surface area contributed by atoms with Crippen molar-refractivity contribution in [1.29, 1.82) is 0 Å². The van der Waals surface area contributed by atoms with E-state index in [1.165, 1.54) is 30.5 Å². The summed E-state index contributed by atoms with van der Waals surface area (Å²) in [7, 11) is 0. The van der Waals surface area contributed by atoms with Crippen LogP contribution in [0.5, 0.6) is 0 Å². The minimum Gasteiger partial charge on any atom is -0.398 e. The molecule has 0 saturated heterocycles. The van der Waals surface area contributed by atoms with Gasteiger partial charge in [0.1, 0.15) is 11.5 Å². The molecule has 8 heteroatoms. The van der Waals surface area contributed by atoms with Crippen LogP contribution in [0.25, 0.3) is 5.70 Å². The molecule has 3 aromatic rings. The third-order valence-electron chi connectivity index (χ3n) is 4.25. The van der Waals surface area contributed by atoms with Crippen molar-refractivity contribution in [1.82, 2.24) is 10.2 Å². The van der Waals surface area contributed by atoms with Gasteiger partial charge >= 0.3 is 6.18 Å². The predicted octanol–water partition coefficient (Wildman–Crippen LogP) is 5.27. The van der Waals surface area contributed by atoms with E-state index in [2.05, 4.69) is 10.1 Å². The molecule has 4 nitrogen and oxygen atoms in total. The molecule has 0 spiro atoms. The highest BCUT2D eigenvalue weighted by molar-refractivity contribution is 5.91. The number of halogens is 4. The second-order valence-electron chi connectivity index (χ2n) is 6.33. The molecule has 0 aliphatic carbocycles. The van der Waals surface area contributed by atoms with Crippen LogP contribution in [-0.2, 0) is 12.6 Å². The van der Waals surface area contributed by atoms with Gasteiger partial charge in [-0.1, -0.05) is 30.3 Å². The number of nitrogens with two attached hydrogens (primary N) is 1. The number of nitrogens with zero attached hydrogens (tertiary/aromatic N) is 2. The van der Waals surface area contributed by atoms with E-state index in [0.29, 0.717) is 29.7 Å². The number of allylic oxidation sites excluding steroid dienone is 1. The Morgan fingerprint density at radius 3 is 2.38 bits per heavy atom. The largest absolute Gasteiger partial charge is 0.432 e. The Labute approximate surface area is 164 Å². The maximum atomic E-state index is 13.2. The monoisotopic (exact) mass is 402 g/mol. The molecular weight excluding hydrogens is 384 g/mol. The van der Waals surface area contributed by atoms with Crippen molar-refractivity contribution in [2.75, 3.05) is 0 Å². The summed E-state index contributed by atoms with van der Waals surface area (Å²) in [4.78, 5) is 4.04. The van der Waals surface area contributed by atoms with Gasteiger partial charge in [-0.25, -0.2) is 9.38 Å². The van der Waals surface area contributed by atoms with Gasteiger partial charge in [-0.15, -0.1) is 0 Å². The van der Waals surface area contributed by atoms with Crippen molar-refractivity contribution >= 4 is 17.7 Å². The van der Waals surface area contributed by atoms with Crippen molar-refractivity contribution in [3.05, 3.63) is 88.9 Å². The van der Waals surface area contributed by atoms with E-state index in [-0.39, 0.29) is 5.82 Å². The molecule has 3 rings (SSSR count). The topological polar surface area (TPSA) is 67.1 Å². The van der Waals surface area contributed by atoms with E-state index in [4.69, 9.17) is 5.73 Å². The predicted molar refractivity (Wildman–Crippen MR) is 104 cm³/mol. The first-order chi connectivity index (χ1) is 13.8. The lowest BCUT2D eigenvalue weighted by Gasteiger charge is -2.09. The second kappa shape index (κ2) is 8.72. The van der Waals surface area contributed by atoms with Crippen LogP contribution in [0.2, 0.25) is 0 Å². The number of alkyl halides is 3. The van der Waals surface area contributed by atoms with Gasteiger partial charge in [-0.3, -0.25) is 5.10 Å². The van der Waals surface area contributed by atoms with Crippen molar-refractivity contribution in [3.8, 4) is 0 Å². The van der Waals surface area contributed by atoms with Gasteiger partial charge in [-0.2, -0.15) is 18.3 Å². The Morgan fingerprint density at radius 1 is 1.07 bits per heavy atom. The lowest BCUT2D eigenvalue weighted by Crippen LogP contribution is -2.04. The zero-order valence-electron chi connectivity index (χ0n) is 15.2. The summed E-state index contributed by atoms with van der Waals surface area (Å²) < 4.78 is 51.3. The average Bonchev–Trinajstić information content (AvgIpc) is 3.18. The summed E-state index contributed by atoms with van der Waals surface area (Å²) in [5, 5.41) is 5.48. The normalized spacial score (nSPS) is 13.0. The summed E-state index contributed by atoms with van der Waals surface area (Å²) in [5.41, 5.74) is 7.92. The van der Waals surface area contributed by atoms with Crippen molar-refractivity contribution in [2.24, 2.45) is 10.7 Å². The molecule has 0 aliphatic heterocycles. The van der Waals surface area contributed by atoms with Crippen molar-refractivity contribution < 1.29 is 17.6 Å². The molecule has 0 atom stereocenters. The van der Waals surface area contributed by atoms with Gasteiger partial charge in [0, 0.05) is 18.0 Å². The highest BCUT2D eigenvalue weighted by Crippen LogP contribution is 2.29. The third-order valence-corrected chi connectivity index (χ3v) is 4.25. The molecule has 0 amide bonds. The van der Waals surface area contributed by atoms with Gasteiger partial charge in [0.25, 0.3) is 0 Å². The van der Waals surface area contributed by atoms with Crippen LogP contribution in [0.4, 0.5) is 23.4 Å². The van der Waals surface area contributed by atoms with Gasteiger partial charge in [0.15, 0.2) is 5.82 Å². The minimum absolute atomic E-state index is 0.110. The SMILES string of the molecule is NC(=C(C=Nc1cc(C(F)(F)F)[nH]n1)CCc1ccccc1)c1ccc(F)cc1. The zero-order chi connectivity index (χ0) is 20.9. The Bertz CT molecular complexity index is 1000. The van der Waals surface area contributed by atoms with E-state index >= 15 is 0 Å². The van der Waals surface area contributed by atoms with E-state index in [0.717, 1.165) is 11.6 Å². The molecule has 3 N–H and O–H groups in total. The van der Waals surface area contributed by atoms with Crippen LogP contribution in [0, 0.1) is 5.82 Å². The second-order valence-corrected chi connectivity index (χ2v) is 6.33. The number of hydrogen-bond donors (Lipinski definition) is 2. The Balaban J connectivity index is 1.88. The summed E-state index contributed by atoms with van der Waals surface area (Å²) >= 11 is 0. The van der Waals surface area contributed by atoms with Gasteiger partial charge in [-0.05, 0) is 53.8 Å². The summed E-state index contributed by atoms with van der Waals surface area (Å²) in [6.45, 7) is 0. The smallest absolute Gasteiger partial charge is 0.398 e. The standard InChI is InChI=1S/C21H18F4N4/c22-17-10-8-15(9-11-17)20(26)16(7-6-14-4-2-1-3-5-14)13-27-19-12-18(28-29-19)21(23,24)25/h1-5,8-13H,6-7,26H2,(H,28,29). The fraction of sp³-hybridized carbons (Fsp3) is 0.143. The quantitative estimate of drug-likeness (QED) is 0.436. The van der Waals surface area contributed by atoms with Crippen LogP contribution >= 0.6 is 0 Å². The Morgan fingerprint density at radius 2 is 1.76 bits per heavy atom. The molecule has 1 aromatic heterocycles. The lowest BCUT2D eigenvalue weighted by molar-refractivity contribution is -0.141. The van der Waals surface area contributed by atoms with Crippen molar-refractivity contribution in [3.63, 3.8) is 0 Å². The molecule has 0 unspecified atom stereocenters. The molecule has 0 saturated carbocycles. The summed E-state index contributed by atoms with van der Waals surface area (Å²) in [6.07, 6.45) is -1.98. The highest BCUT2D eigenvalue weighted by Gasteiger charge is 2.33. The van der Waals surface area contributed by atoms with Crippen molar-refractivity contribution in [2.45, 2.75) is 19.0 Å². The van der Waals surface area contributed by atoms with E-state index in [1.807, 2.05) is 35.4 Å². The molecule has 29 heavy (non-hydrogen) atoms. The lowest BCUT2D eigenvalue weighted by atomic mass is 10.0. The average molecular weight is 402 g/mol. The van der Waals surface area contributed by atoms with Crippen LogP contribution in [0.3, 0.4) is 0 Å². The fourth-order valence-electron chi connectivity index (χ4n) is 2.67. The number of aromatic nitrogens is 2. The van der Waals surface area contributed by atoms with E-state index < -0.39 is 17.7 Å². The van der Waals surface area contributed by atoms with Crippen LogP contribution in [-0.4, -0.2) is 16.4 Å². The zero-order valence-corrected chi connectivity index (χ0v) is 15.2. The van der Waals surface area contributed by atoms with Crippen LogP contribution in [0.1, 0.15) is 23.2 Å². The maximum absolute atomic E-state index is 13.2. The molecule has 2 aromatic carbocycles. The molecule has 1 heterocycles.